The second-order valence-electron chi connectivity index (χ2n) is 9.78. The predicted molar refractivity (Wildman–Crippen MR) is 143 cm³/mol. The summed E-state index contributed by atoms with van der Waals surface area (Å²) in [6.45, 7) is 6.68. The van der Waals surface area contributed by atoms with Crippen LogP contribution in [0.15, 0.2) is 52.5 Å². The van der Waals surface area contributed by atoms with E-state index in [-0.39, 0.29) is 51.4 Å². The molecule has 12 heteroatoms. The number of benzene rings is 1. The Balaban J connectivity index is 1.59. The second-order valence-corrected chi connectivity index (χ2v) is 10.2. The Morgan fingerprint density at radius 3 is 2.74 bits per heavy atom. The van der Waals surface area contributed by atoms with E-state index in [1.54, 1.807) is 11.0 Å². The van der Waals surface area contributed by atoms with Gasteiger partial charge in [-0.15, -0.1) is 0 Å². The van der Waals surface area contributed by atoms with E-state index in [0.717, 1.165) is 18.4 Å². The lowest BCUT2D eigenvalue weighted by Crippen LogP contribution is -2.54. The molecule has 1 N–H and O–H groups in total. The van der Waals surface area contributed by atoms with Crippen molar-refractivity contribution in [3.8, 4) is 22.8 Å². The fourth-order valence-electron chi connectivity index (χ4n) is 5.12. The SMILES string of the molecule is C=CC(=O)N1CCN(c2nc(=O)n(-c3nocc3C3CC3)c3nc(-c4c(O)cccc4F)c(Cl)cc23)[C@@H](C)C1. The molecule has 1 aliphatic carbocycles. The average molecular weight is 551 g/mol. The van der Waals surface area contributed by atoms with Crippen molar-refractivity contribution in [2.45, 2.75) is 31.7 Å². The molecule has 6 rings (SSSR count). The third-order valence-corrected chi connectivity index (χ3v) is 7.51. The summed E-state index contributed by atoms with van der Waals surface area (Å²) in [6, 6.07) is 5.26. The van der Waals surface area contributed by atoms with E-state index < -0.39 is 11.5 Å². The number of anilines is 1. The largest absolute Gasteiger partial charge is 0.507 e. The molecule has 2 fully saturated rings. The summed E-state index contributed by atoms with van der Waals surface area (Å²) in [4.78, 5) is 38.5. The number of aromatic nitrogens is 4. The number of carbonyl (C=O) groups is 1. The Morgan fingerprint density at radius 1 is 1.26 bits per heavy atom. The van der Waals surface area contributed by atoms with E-state index in [4.69, 9.17) is 16.1 Å². The Morgan fingerprint density at radius 2 is 2.05 bits per heavy atom. The first-order valence-corrected chi connectivity index (χ1v) is 12.9. The highest BCUT2D eigenvalue weighted by Gasteiger charge is 2.33. The van der Waals surface area contributed by atoms with Gasteiger partial charge < -0.3 is 19.4 Å². The zero-order chi connectivity index (χ0) is 27.4. The lowest BCUT2D eigenvalue weighted by Gasteiger charge is -2.40. The average Bonchev–Trinajstić information content (AvgIpc) is 3.65. The van der Waals surface area contributed by atoms with Crippen molar-refractivity contribution in [2.24, 2.45) is 0 Å². The van der Waals surface area contributed by atoms with Crippen molar-refractivity contribution < 1.29 is 18.8 Å². The molecule has 1 aromatic carbocycles. The molecule has 4 aromatic rings. The van der Waals surface area contributed by atoms with E-state index in [2.05, 4.69) is 21.7 Å². The van der Waals surface area contributed by atoms with E-state index in [9.17, 15) is 19.1 Å². The summed E-state index contributed by atoms with van der Waals surface area (Å²) < 4.78 is 21.4. The van der Waals surface area contributed by atoms with Crippen molar-refractivity contribution in [1.29, 1.82) is 0 Å². The highest BCUT2D eigenvalue weighted by Crippen LogP contribution is 2.43. The van der Waals surface area contributed by atoms with Crippen LogP contribution in [-0.2, 0) is 4.79 Å². The Hall–Kier alpha value is -4.25. The lowest BCUT2D eigenvalue weighted by molar-refractivity contribution is -0.126. The Bertz CT molecular complexity index is 1680. The summed E-state index contributed by atoms with van der Waals surface area (Å²) in [5.74, 6) is -0.440. The zero-order valence-corrected chi connectivity index (χ0v) is 21.7. The second kappa shape index (κ2) is 9.49. The number of carbonyl (C=O) groups excluding carboxylic acids is 1. The van der Waals surface area contributed by atoms with E-state index in [1.807, 2.05) is 11.8 Å². The van der Waals surface area contributed by atoms with Crippen molar-refractivity contribution in [3.63, 3.8) is 0 Å². The molecular formula is C27H24ClFN6O4. The van der Waals surface area contributed by atoms with Crippen LogP contribution in [-0.4, -0.2) is 61.3 Å². The van der Waals surface area contributed by atoms with Crippen LogP contribution in [0.5, 0.6) is 5.75 Å². The Kier molecular flexibility index (Phi) is 6.10. The molecule has 0 spiro atoms. The van der Waals surface area contributed by atoms with Crippen LogP contribution in [0, 0.1) is 5.82 Å². The van der Waals surface area contributed by atoms with Crippen LogP contribution < -0.4 is 10.6 Å². The maximum atomic E-state index is 14.9. The molecule has 1 saturated heterocycles. The topological polar surface area (TPSA) is 118 Å². The van der Waals surface area contributed by atoms with Crippen LogP contribution in [0.2, 0.25) is 5.02 Å². The molecule has 1 saturated carbocycles. The standard InChI is InChI=1S/C27H24ClFN6O4/c1-3-21(37)33-9-10-34(14(2)12-33)24-16-11-18(28)23(22-19(29)5-4-6-20(22)36)30-25(16)35(27(38)31-24)26-17(13-39-32-26)15-7-8-15/h3-6,11,13-15,36H,1,7-10,12H2,2H3/t14-/m0/s1. The van der Waals surface area contributed by atoms with Gasteiger partial charge in [-0.2, -0.15) is 4.98 Å². The van der Waals surface area contributed by atoms with Gasteiger partial charge in [-0.1, -0.05) is 29.4 Å². The van der Waals surface area contributed by atoms with Gasteiger partial charge in [0.2, 0.25) is 5.91 Å². The number of piperazine rings is 1. The van der Waals surface area contributed by atoms with Gasteiger partial charge in [-0.05, 0) is 50.0 Å². The van der Waals surface area contributed by atoms with E-state index >= 15 is 0 Å². The van der Waals surface area contributed by atoms with Crippen LogP contribution in [0.3, 0.4) is 0 Å². The number of aromatic hydroxyl groups is 1. The third kappa shape index (κ3) is 4.22. The molecule has 2 aliphatic rings. The summed E-state index contributed by atoms with van der Waals surface area (Å²) in [5, 5.41) is 15.1. The van der Waals surface area contributed by atoms with Gasteiger partial charge in [0.1, 0.15) is 23.6 Å². The van der Waals surface area contributed by atoms with Gasteiger partial charge in [-0.3, -0.25) is 4.79 Å². The molecule has 1 amide bonds. The summed E-state index contributed by atoms with van der Waals surface area (Å²) in [7, 11) is 0. The van der Waals surface area contributed by atoms with Gasteiger partial charge in [-0.25, -0.2) is 18.7 Å². The summed E-state index contributed by atoms with van der Waals surface area (Å²) in [5.41, 5.74) is 0.0263. The normalized spacial score (nSPS) is 17.6. The van der Waals surface area contributed by atoms with Crippen LogP contribution in [0.4, 0.5) is 10.2 Å². The fraction of sp³-hybridized carbons (Fsp3) is 0.296. The first kappa shape index (κ1) is 25.1. The van der Waals surface area contributed by atoms with Gasteiger partial charge in [0.15, 0.2) is 11.5 Å². The number of hydrogen-bond donors (Lipinski definition) is 1. The smallest absolute Gasteiger partial charge is 0.357 e. The predicted octanol–water partition coefficient (Wildman–Crippen LogP) is 4.03. The van der Waals surface area contributed by atoms with E-state index in [0.29, 0.717) is 30.8 Å². The molecule has 0 bridgehead atoms. The van der Waals surface area contributed by atoms with Gasteiger partial charge in [0, 0.05) is 31.2 Å². The highest BCUT2D eigenvalue weighted by molar-refractivity contribution is 6.34. The van der Waals surface area contributed by atoms with Crippen LogP contribution in [0.1, 0.15) is 31.2 Å². The number of hydrogen-bond acceptors (Lipinski definition) is 8. The van der Waals surface area contributed by atoms with Crippen molar-refractivity contribution >= 4 is 34.4 Å². The highest BCUT2D eigenvalue weighted by atomic mass is 35.5. The number of rotatable bonds is 5. The Labute approximate surface area is 226 Å². The molecule has 1 atom stereocenters. The minimum absolute atomic E-state index is 0.0315. The molecule has 1 aliphatic heterocycles. The number of halogens is 2. The number of nitrogens with zero attached hydrogens (tertiary/aromatic N) is 6. The minimum atomic E-state index is -0.719. The lowest BCUT2D eigenvalue weighted by atomic mass is 10.1. The van der Waals surface area contributed by atoms with Gasteiger partial charge in [0.05, 0.1) is 21.7 Å². The van der Waals surface area contributed by atoms with Crippen LogP contribution >= 0.6 is 11.6 Å². The maximum Gasteiger partial charge on any atom is 0.357 e. The number of phenols is 1. The van der Waals surface area contributed by atoms with E-state index in [1.165, 1.54) is 35.1 Å². The number of amides is 1. The monoisotopic (exact) mass is 550 g/mol. The zero-order valence-electron chi connectivity index (χ0n) is 21.0. The third-order valence-electron chi connectivity index (χ3n) is 7.22. The summed E-state index contributed by atoms with van der Waals surface area (Å²) >= 11 is 6.65. The molecule has 0 radical (unpaired) electrons. The minimum Gasteiger partial charge on any atom is -0.507 e. The molecule has 10 nitrogen and oxygen atoms in total. The molecular weight excluding hydrogens is 527 g/mol. The molecule has 200 valence electrons. The quantitative estimate of drug-likeness (QED) is 0.370. The van der Waals surface area contributed by atoms with Crippen molar-refractivity contribution in [3.05, 3.63) is 70.1 Å². The molecule has 4 heterocycles. The van der Waals surface area contributed by atoms with Crippen molar-refractivity contribution in [2.75, 3.05) is 24.5 Å². The van der Waals surface area contributed by atoms with Crippen molar-refractivity contribution in [1.82, 2.24) is 24.6 Å². The van der Waals surface area contributed by atoms with Crippen LogP contribution in [0.25, 0.3) is 28.1 Å². The maximum absolute atomic E-state index is 14.9. The molecule has 3 aromatic heterocycles. The van der Waals surface area contributed by atoms with Gasteiger partial charge in [0.25, 0.3) is 0 Å². The molecule has 0 unspecified atom stereocenters. The number of phenolic OH excluding ortho intramolecular Hbond substituents is 1. The number of fused-ring (bicyclic) bond motifs is 1. The fourth-order valence-corrected chi connectivity index (χ4v) is 5.37. The summed E-state index contributed by atoms with van der Waals surface area (Å²) in [6.07, 6.45) is 4.66. The first-order valence-electron chi connectivity index (χ1n) is 12.5. The van der Waals surface area contributed by atoms with Gasteiger partial charge >= 0.3 is 5.69 Å². The molecule has 39 heavy (non-hydrogen) atoms. The first-order chi connectivity index (χ1) is 18.8. The number of pyridine rings is 1.